The van der Waals surface area contributed by atoms with Crippen LogP contribution in [0.2, 0.25) is 0 Å². The normalized spacial score (nSPS) is 34.8. The van der Waals surface area contributed by atoms with Gasteiger partial charge in [-0.05, 0) is 37.6 Å². The third-order valence-corrected chi connectivity index (χ3v) is 5.54. The van der Waals surface area contributed by atoms with Crippen molar-refractivity contribution in [3.63, 3.8) is 0 Å². The number of rotatable bonds is 3. The Hall–Kier alpha value is -0.900. The zero-order chi connectivity index (χ0) is 14.2. The van der Waals surface area contributed by atoms with Gasteiger partial charge in [-0.25, -0.2) is 0 Å². The number of nitrogens with zero attached hydrogens (tertiary/aromatic N) is 2. The smallest absolute Gasteiger partial charge is 0.234 e. The number of hydrogen-bond donors (Lipinski definition) is 1. The molecule has 1 saturated heterocycles. The minimum absolute atomic E-state index is 0.0488. The zero-order valence-electron chi connectivity index (χ0n) is 13.0. The zero-order valence-corrected chi connectivity index (χ0v) is 13.0. The van der Waals surface area contributed by atoms with E-state index in [9.17, 15) is 0 Å². The third kappa shape index (κ3) is 2.39. The van der Waals surface area contributed by atoms with Gasteiger partial charge < -0.3 is 9.84 Å². The summed E-state index contributed by atoms with van der Waals surface area (Å²) in [6.45, 7) is 8.89. The van der Waals surface area contributed by atoms with Gasteiger partial charge in [0.2, 0.25) is 5.89 Å². The maximum absolute atomic E-state index is 5.69. The first-order chi connectivity index (χ1) is 9.62. The van der Waals surface area contributed by atoms with E-state index in [0.29, 0.717) is 11.8 Å². The molecule has 2 fully saturated rings. The van der Waals surface area contributed by atoms with Crippen molar-refractivity contribution in [2.24, 2.45) is 11.8 Å². The minimum atomic E-state index is 0.0488. The maximum atomic E-state index is 5.69. The fraction of sp³-hybridized carbons (Fsp3) is 0.875. The summed E-state index contributed by atoms with van der Waals surface area (Å²) in [6.07, 6.45) is 6.13. The lowest BCUT2D eigenvalue weighted by Crippen LogP contribution is -2.35. The van der Waals surface area contributed by atoms with E-state index in [2.05, 4.69) is 31.2 Å². The van der Waals surface area contributed by atoms with E-state index < -0.39 is 0 Å². The highest BCUT2D eigenvalue weighted by Gasteiger charge is 2.44. The van der Waals surface area contributed by atoms with E-state index in [-0.39, 0.29) is 5.41 Å². The van der Waals surface area contributed by atoms with Crippen LogP contribution in [0, 0.1) is 11.8 Å². The molecule has 0 radical (unpaired) electrons. The fourth-order valence-electron chi connectivity index (χ4n) is 3.75. The van der Waals surface area contributed by atoms with E-state index in [1.165, 1.54) is 25.7 Å². The van der Waals surface area contributed by atoms with E-state index in [0.717, 1.165) is 37.1 Å². The van der Waals surface area contributed by atoms with Gasteiger partial charge in [-0.3, -0.25) is 0 Å². The Morgan fingerprint density at radius 1 is 1.25 bits per heavy atom. The molecule has 112 valence electrons. The van der Waals surface area contributed by atoms with Crippen LogP contribution >= 0.6 is 0 Å². The van der Waals surface area contributed by atoms with Gasteiger partial charge in [-0.1, -0.05) is 38.8 Å². The molecule has 4 nitrogen and oxygen atoms in total. The quantitative estimate of drug-likeness (QED) is 0.921. The lowest BCUT2D eigenvalue weighted by Gasteiger charge is -2.28. The topological polar surface area (TPSA) is 51.0 Å². The second kappa shape index (κ2) is 5.47. The first-order valence-electron chi connectivity index (χ1n) is 8.16. The van der Waals surface area contributed by atoms with Crippen molar-refractivity contribution in [2.75, 3.05) is 13.1 Å². The first kappa shape index (κ1) is 14.1. The van der Waals surface area contributed by atoms with Crippen LogP contribution < -0.4 is 5.32 Å². The Morgan fingerprint density at radius 2 is 2.00 bits per heavy atom. The van der Waals surface area contributed by atoms with Crippen LogP contribution in [-0.4, -0.2) is 23.2 Å². The van der Waals surface area contributed by atoms with Crippen LogP contribution in [0.1, 0.15) is 70.5 Å². The molecule has 1 unspecified atom stereocenters. The molecule has 0 bridgehead atoms. The molecule has 1 aromatic heterocycles. The SMILES string of the molecule is CC1CCC(c2noc(C3(C(C)C)CCNC3)n2)CC1. The number of hydrogen-bond acceptors (Lipinski definition) is 4. The predicted molar refractivity (Wildman–Crippen MR) is 78.7 cm³/mol. The van der Waals surface area contributed by atoms with Crippen LogP contribution in [0.15, 0.2) is 4.52 Å². The minimum Gasteiger partial charge on any atom is -0.339 e. The van der Waals surface area contributed by atoms with Crippen molar-refractivity contribution < 1.29 is 4.52 Å². The summed E-state index contributed by atoms with van der Waals surface area (Å²) in [5, 5.41) is 7.78. The molecule has 1 saturated carbocycles. The van der Waals surface area contributed by atoms with Crippen LogP contribution in [0.25, 0.3) is 0 Å². The first-order valence-corrected chi connectivity index (χ1v) is 8.16. The van der Waals surface area contributed by atoms with E-state index in [1.54, 1.807) is 0 Å². The van der Waals surface area contributed by atoms with E-state index in [4.69, 9.17) is 9.51 Å². The molecule has 1 aromatic rings. The van der Waals surface area contributed by atoms with Gasteiger partial charge in [0.25, 0.3) is 0 Å². The van der Waals surface area contributed by atoms with Crippen LogP contribution in [-0.2, 0) is 5.41 Å². The van der Waals surface area contributed by atoms with E-state index >= 15 is 0 Å². The molecule has 1 N–H and O–H groups in total. The highest BCUT2D eigenvalue weighted by Crippen LogP contribution is 2.39. The second-order valence-corrected chi connectivity index (χ2v) is 7.15. The van der Waals surface area contributed by atoms with Crippen molar-refractivity contribution in [3.8, 4) is 0 Å². The Balaban J connectivity index is 1.79. The van der Waals surface area contributed by atoms with Gasteiger partial charge in [0, 0.05) is 12.5 Å². The summed E-state index contributed by atoms with van der Waals surface area (Å²) in [6, 6.07) is 0. The Labute approximate surface area is 121 Å². The average Bonchev–Trinajstić information content (AvgIpc) is 3.09. The van der Waals surface area contributed by atoms with Gasteiger partial charge in [-0.15, -0.1) is 0 Å². The highest BCUT2D eigenvalue weighted by molar-refractivity contribution is 5.13. The standard InChI is InChI=1S/C16H27N3O/c1-11(2)16(8-9-17-10-16)15-18-14(19-20-15)13-6-4-12(3)5-7-13/h11-13,17H,4-10H2,1-3H3. The molecule has 1 aliphatic heterocycles. The summed E-state index contributed by atoms with van der Waals surface area (Å²) < 4.78 is 5.69. The number of nitrogens with one attached hydrogen (secondary N) is 1. The fourth-order valence-corrected chi connectivity index (χ4v) is 3.75. The second-order valence-electron chi connectivity index (χ2n) is 7.15. The molecule has 1 atom stereocenters. The van der Waals surface area contributed by atoms with Crippen LogP contribution in [0.3, 0.4) is 0 Å². The predicted octanol–water partition coefficient (Wildman–Crippen LogP) is 3.25. The van der Waals surface area contributed by atoms with Gasteiger partial charge in [0.1, 0.15) is 0 Å². The monoisotopic (exact) mass is 277 g/mol. The molecule has 0 aromatic carbocycles. The molecule has 2 heterocycles. The summed E-state index contributed by atoms with van der Waals surface area (Å²) in [5.41, 5.74) is 0.0488. The number of aromatic nitrogens is 2. The molecular weight excluding hydrogens is 250 g/mol. The maximum Gasteiger partial charge on any atom is 0.234 e. The highest BCUT2D eigenvalue weighted by atomic mass is 16.5. The van der Waals surface area contributed by atoms with E-state index in [1.807, 2.05) is 0 Å². The molecular formula is C16H27N3O. The Bertz CT molecular complexity index is 440. The van der Waals surface area contributed by atoms with Crippen LogP contribution in [0.4, 0.5) is 0 Å². The summed E-state index contributed by atoms with van der Waals surface area (Å²) in [4.78, 5) is 4.82. The Kier molecular flexibility index (Phi) is 3.85. The van der Waals surface area contributed by atoms with Gasteiger partial charge in [0.15, 0.2) is 5.82 Å². The van der Waals surface area contributed by atoms with Gasteiger partial charge in [0.05, 0.1) is 5.41 Å². The molecule has 3 rings (SSSR count). The average molecular weight is 277 g/mol. The van der Waals surface area contributed by atoms with Crippen molar-refractivity contribution in [3.05, 3.63) is 11.7 Å². The third-order valence-electron chi connectivity index (χ3n) is 5.54. The summed E-state index contributed by atoms with van der Waals surface area (Å²) in [7, 11) is 0. The molecule has 20 heavy (non-hydrogen) atoms. The van der Waals surface area contributed by atoms with Crippen molar-refractivity contribution in [1.29, 1.82) is 0 Å². The van der Waals surface area contributed by atoms with Gasteiger partial charge >= 0.3 is 0 Å². The molecule has 2 aliphatic rings. The molecule has 0 spiro atoms. The van der Waals surface area contributed by atoms with Crippen molar-refractivity contribution in [1.82, 2.24) is 15.5 Å². The van der Waals surface area contributed by atoms with Gasteiger partial charge in [-0.2, -0.15) is 4.98 Å². The van der Waals surface area contributed by atoms with Crippen molar-refractivity contribution >= 4 is 0 Å². The molecule has 1 aliphatic carbocycles. The largest absolute Gasteiger partial charge is 0.339 e. The summed E-state index contributed by atoms with van der Waals surface area (Å²) in [5.74, 6) is 3.73. The lowest BCUT2D eigenvalue weighted by molar-refractivity contribution is 0.233. The summed E-state index contributed by atoms with van der Waals surface area (Å²) >= 11 is 0. The van der Waals surface area contributed by atoms with Crippen molar-refractivity contribution in [2.45, 2.75) is 64.2 Å². The molecule has 0 amide bonds. The lowest BCUT2D eigenvalue weighted by atomic mass is 9.76. The Morgan fingerprint density at radius 3 is 2.60 bits per heavy atom. The molecule has 4 heteroatoms. The van der Waals surface area contributed by atoms with Crippen LogP contribution in [0.5, 0.6) is 0 Å².